The number of nitriles is 1. The second-order valence-corrected chi connectivity index (χ2v) is 8.68. The van der Waals surface area contributed by atoms with E-state index in [-0.39, 0.29) is 18.2 Å². The van der Waals surface area contributed by atoms with Gasteiger partial charge in [0, 0.05) is 29.0 Å². The highest BCUT2D eigenvalue weighted by Gasteiger charge is 2.52. The van der Waals surface area contributed by atoms with Crippen LogP contribution in [0.4, 0.5) is 4.79 Å². The smallest absolute Gasteiger partial charge is 0.410 e. The molecule has 1 aromatic heterocycles. The van der Waals surface area contributed by atoms with Crippen LogP contribution in [0.25, 0.3) is 0 Å². The minimum Gasteiger partial charge on any atom is -0.444 e. The van der Waals surface area contributed by atoms with Crippen LogP contribution >= 0.6 is 15.9 Å². The summed E-state index contributed by atoms with van der Waals surface area (Å²) in [5.74, 6) is 0. The zero-order valence-corrected chi connectivity index (χ0v) is 15.8. The summed E-state index contributed by atoms with van der Waals surface area (Å²) in [7, 11) is 0. The van der Waals surface area contributed by atoms with Crippen LogP contribution in [0, 0.1) is 11.3 Å². The van der Waals surface area contributed by atoms with Crippen LogP contribution in [-0.4, -0.2) is 33.7 Å². The summed E-state index contributed by atoms with van der Waals surface area (Å²) in [6.07, 6.45) is 6.36. The van der Waals surface area contributed by atoms with Crippen molar-refractivity contribution in [3.63, 3.8) is 0 Å². The Bertz CT molecular complexity index is 678. The van der Waals surface area contributed by atoms with Crippen molar-refractivity contribution in [1.82, 2.24) is 9.88 Å². The van der Waals surface area contributed by atoms with Gasteiger partial charge in [0.05, 0.1) is 11.5 Å². The third-order valence-electron chi connectivity index (χ3n) is 4.86. The fourth-order valence-electron chi connectivity index (χ4n) is 3.93. The van der Waals surface area contributed by atoms with Crippen molar-refractivity contribution in [3.8, 4) is 6.07 Å². The van der Waals surface area contributed by atoms with Crippen LogP contribution in [0.5, 0.6) is 0 Å². The summed E-state index contributed by atoms with van der Waals surface area (Å²) < 4.78 is 6.44. The molecule has 0 radical (unpaired) electrons. The van der Waals surface area contributed by atoms with E-state index in [1.807, 2.05) is 31.7 Å². The van der Waals surface area contributed by atoms with E-state index in [1.165, 1.54) is 0 Å². The maximum Gasteiger partial charge on any atom is 0.410 e. The molecule has 0 aliphatic carbocycles. The second kappa shape index (κ2) is 6.03. The van der Waals surface area contributed by atoms with E-state index in [2.05, 4.69) is 27.0 Å². The van der Waals surface area contributed by atoms with E-state index in [4.69, 9.17) is 4.74 Å². The number of carbonyl (C=O) groups excluding carboxylic acids is 1. The minimum atomic E-state index is -0.582. The quantitative estimate of drug-likeness (QED) is 0.720. The predicted molar refractivity (Wildman–Crippen MR) is 93.3 cm³/mol. The molecule has 128 valence electrons. The average Bonchev–Trinajstić information content (AvgIpc) is 2.77. The third-order valence-corrected chi connectivity index (χ3v) is 5.30. The van der Waals surface area contributed by atoms with E-state index in [9.17, 15) is 10.1 Å². The molecule has 2 saturated heterocycles. The second-order valence-electron chi connectivity index (χ2n) is 7.77. The Morgan fingerprint density at radius 1 is 1.38 bits per heavy atom. The van der Waals surface area contributed by atoms with Crippen molar-refractivity contribution in [2.45, 2.75) is 69.6 Å². The molecular weight excluding hydrogens is 370 g/mol. The lowest BCUT2D eigenvalue weighted by atomic mass is 9.71. The molecule has 2 bridgehead atoms. The Balaban J connectivity index is 1.86. The van der Waals surface area contributed by atoms with Crippen molar-refractivity contribution in [2.75, 3.05) is 0 Å². The van der Waals surface area contributed by atoms with Crippen LogP contribution in [-0.2, 0) is 10.2 Å². The van der Waals surface area contributed by atoms with Gasteiger partial charge >= 0.3 is 6.09 Å². The van der Waals surface area contributed by atoms with Crippen LogP contribution in [0.15, 0.2) is 22.9 Å². The molecule has 2 aliphatic heterocycles. The van der Waals surface area contributed by atoms with E-state index in [0.29, 0.717) is 12.8 Å². The molecule has 3 heterocycles. The Labute approximate surface area is 151 Å². The Hall–Kier alpha value is -1.61. The molecule has 0 saturated carbocycles. The zero-order chi connectivity index (χ0) is 17.5. The minimum absolute atomic E-state index is 0.0530. The van der Waals surface area contributed by atoms with Gasteiger partial charge in [-0.05, 0) is 74.0 Å². The van der Waals surface area contributed by atoms with Crippen molar-refractivity contribution in [2.24, 2.45) is 0 Å². The van der Waals surface area contributed by atoms with Gasteiger partial charge in [-0.3, -0.25) is 4.98 Å². The lowest BCUT2D eigenvalue weighted by Gasteiger charge is -2.43. The number of pyridine rings is 1. The number of piperidine rings is 1. The maximum absolute atomic E-state index is 12.6. The van der Waals surface area contributed by atoms with Gasteiger partial charge in [-0.2, -0.15) is 5.26 Å². The molecule has 0 unspecified atom stereocenters. The number of fused-ring (bicyclic) bond motifs is 2. The number of aromatic nitrogens is 1. The fraction of sp³-hybridized carbons (Fsp3) is 0.611. The van der Waals surface area contributed by atoms with Crippen LogP contribution in [0.1, 0.15) is 52.0 Å². The molecule has 0 N–H and O–H groups in total. The van der Waals surface area contributed by atoms with E-state index in [0.717, 1.165) is 22.9 Å². The number of hydrogen-bond donors (Lipinski definition) is 0. The monoisotopic (exact) mass is 391 g/mol. The number of hydrogen-bond acceptors (Lipinski definition) is 4. The van der Waals surface area contributed by atoms with Gasteiger partial charge in [-0.1, -0.05) is 0 Å². The number of ether oxygens (including phenoxy) is 1. The number of nitrogens with zero attached hydrogens (tertiary/aromatic N) is 3. The highest BCUT2D eigenvalue weighted by molar-refractivity contribution is 9.10. The lowest BCUT2D eigenvalue weighted by Crippen LogP contribution is -2.52. The van der Waals surface area contributed by atoms with Crippen LogP contribution in [0.3, 0.4) is 0 Å². The third kappa shape index (κ3) is 3.14. The number of rotatable bonds is 1. The molecule has 2 fully saturated rings. The first kappa shape index (κ1) is 17.2. The zero-order valence-electron chi connectivity index (χ0n) is 14.3. The SMILES string of the molecule is CC(C)(C)OC(=O)N1[C@@H]2CC[C@H]1C[C@](C#N)(c1cncc(Br)c1)C2. The van der Waals surface area contributed by atoms with E-state index < -0.39 is 11.0 Å². The molecule has 0 aromatic carbocycles. The molecule has 3 rings (SSSR count). The summed E-state index contributed by atoms with van der Waals surface area (Å²) in [6.45, 7) is 5.64. The van der Waals surface area contributed by atoms with Gasteiger partial charge in [0.15, 0.2) is 0 Å². The van der Waals surface area contributed by atoms with Crippen molar-refractivity contribution >= 4 is 22.0 Å². The molecule has 0 spiro atoms. The first-order chi connectivity index (χ1) is 11.2. The molecule has 3 atom stereocenters. The Morgan fingerprint density at radius 3 is 2.50 bits per heavy atom. The molecule has 2 aliphatic rings. The summed E-state index contributed by atoms with van der Waals surface area (Å²) in [4.78, 5) is 18.7. The Kier molecular flexibility index (Phi) is 4.33. The van der Waals surface area contributed by atoms with E-state index >= 15 is 0 Å². The summed E-state index contributed by atoms with van der Waals surface area (Å²) in [5, 5.41) is 9.93. The summed E-state index contributed by atoms with van der Waals surface area (Å²) >= 11 is 3.44. The first-order valence-electron chi connectivity index (χ1n) is 8.28. The maximum atomic E-state index is 12.6. The molecular formula is C18H22BrN3O2. The van der Waals surface area contributed by atoms with Crippen molar-refractivity contribution in [3.05, 3.63) is 28.5 Å². The highest BCUT2D eigenvalue weighted by atomic mass is 79.9. The molecule has 24 heavy (non-hydrogen) atoms. The first-order valence-corrected chi connectivity index (χ1v) is 9.07. The summed E-state index contributed by atoms with van der Waals surface area (Å²) in [6, 6.07) is 4.61. The van der Waals surface area contributed by atoms with Crippen LogP contribution < -0.4 is 0 Å². The van der Waals surface area contributed by atoms with Gasteiger partial charge in [0.1, 0.15) is 5.60 Å². The number of amides is 1. The number of halogens is 1. The van der Waals surface area contributed by atoms with Gasteiger partial charge in [0.2, 0.25) is 0 Å². The summed E-state index contributed by atoms with van der Waals surface area (Å²) in [5.41, 5.74) is -0.157. The van der Waals surface area contributed by atoms with E-state index in [1.54, 1.807) is 12.4 Å². The largest absolute Gasteiger partial charge is 0.444 e. The van der Waals surface area contributed by atoms with Gasteiger partial charge in [0.25, 0.3) is 0 Å². The van der Waals surface area contributed by atoms with Crippen molar-refractivity contribution < 1.29 is 9.53 Å². The molecule has 6 heteroatoms. The average molecular weight is 392 g/mol. The highest BCUT2D eigenvalue weighted by Crippen LogP contribution is 2.47. The van der Waals surface area contributed by atoms with Crippen LogP contribution in [0.2, 0.25) is 0 Å². The molecule has 1 amide bonds. The Morgan fingerprint density at radius 2 is 2.00 bits per heavy atom. The number of carbonyl (C=O) groups is 1. The van der Waals surface area contributed by atoms with Gasteiger partial charge in [-0.25, -0.2) is 4.79 Å². The normalized spacial score (nSPS) is 29.2. The standard InChI is InChI=1S/C18H22BrN3O2/c1-17(2,3)24-16(23)22-14-4-5-15(22)8-18(7-14,11-20)12-6-13(19)10-21-9-12/h6,9-10,14-15H,4-5,7-8H2,1-3H3/t14-,15+,18-. The lowest BCUT2D eigenvalue weighted by molar-refractivity contribution is 0.00232. The molecule has 1 aromatic rings. The van der Waals surface area contributed by atoms with Crippen molar-refractivity contribution in [1.29, 1.82) is 5.26 Å². The fourth-order valence-corrected chi connectivity index (χ4v) is 4.29. The molecule has 5 nitrogen and oxygen atoms in total. The van der Waals surface area contributed by atoms with Gasteiger partial charge in [-0.15, -0.1) is 0 Å². The topological polar surface area (TPSA) is 66.2 Å². The predicted octanol–water partition coefficient (Wildman–Crippen LogP) is 4.17. The van der Waals surface area contributed by atoms with Gasteiger partial charge < -0.3 is 9.64 Å².